The van der Waals surface area contributed by atoms with Gasteiger partial charge in [0.05, 0.1) is 16.6 Å². The van der Waals surface area contributed by atoms with E-state index in [1.54, 1.807) is 30.3 Å². The van der Waals surface area contributed by atoms with E-state index in [-0.39, 0.29) is 17.8 Å². The maximum Gasteiger partial charge on any atom is 0.262 e. The summed E-state index contributed by atoms with van der Waals surface area (Å²) in [7, 11) is 0. The quantitative estimate of drug-likeness (QED) is 0.591. The van der Waals surface area contributed by atoms with Crippen LogP contribution in [0.5, 0.6) is 0 Å². The molecular weight excluding hydrogens is 357 g/mol. The zero-order valence-electron chi connectivity index (χ0n) is 14.8. The van der Waals surface area contributed by atoms with Gasteiger partial charge in [-0.2, -0.15) is 0 Å². The molecule has 1 heterocycles. The van der Waals surface area contributed by atoms with E-state index in [4.69, 9.17) is 0 Å². The highest BCUT2D eigenvalue weighted by atomic mass is 19.1. The van der Waals surface area contributed by atoms with E-state index in [0.29, 0.717) is 22.3 Å². The Morgan fingerprint density at radius 3 is 2.39 bits per heavy atom. The highest BCUT2D eigenvalue weighted by Gasteiger charge is 2.16. The third-order valence-corrected chi connectivity index (χ3v) is 4.34. The summed E-state index contributed by atoms with van der Waals surface area (Å²) < 4.78 is 15.1. The Balaban J connectivity index is 1.79. The van der Waals surface area contributed by atoms with Crippen LogP contribution in [-0.4, -0.2) is 15.5 Å². The minimum Gasteiger partial charge on any atom is -0.322 e. The molecule has 3 aromatic carbocycles. The maximum atomic E-state index is 13.8. The van der Waals surface area contributed by atoms with Gasteiger partial charge in [0, 0.05) is 5.56 Å². The predicted octanol–water partition coefficient (Wildman–Crippen LogP) is 3.84. The number of para-hydroxylation sites is 2. The summed E-state index contributed by atoms with van der Waals surface area (Å²) in [6, 6.07) is 22.0. The lowest BCUT2D eigenvalue weighted by Gasteiger charge is -2.14. The number of benzene rings is 3. The van der Waals surface area contributed by atoms with Gasteiger partial charge < -0.3 is 5.32 Å². The van der Waals surface area contributed by atoms with Crippen LogP contribution in [0.25, 0.3) is 22.3 Å². The Labute approximate surface area is 160 Å². The van der Waals surface area contributed by atoms with E-state index in [0.717, 1.165) is 0 Å². The smallest absolute Gasteiger partial charge is 0.262 e. The number of fused-ring (bicyclic) bond motifs is 1. The zero-order valence-corrected chi connectivity index (χ0v) is 14.8. The summed E-state index contributed by atoms with van der Waals surface area (Å²) in [4.78, 5) is 30.2. The topological polar surface area (TPSA) is 64.0 Å². The first-order valence-electron chi connectivity index (χ1n) is 8.73. The van der Waals surface area contributed by atoms with Crippen molar-refractivity contribution < 1.29 is 9.18 Å². The van der Waals surface area contributed by atoms with Gasteiger partial charge in [-0.15, -0.1) is 0 Å². The second-order valence-corrected chi connectivity index (χ2v) is 6.24. The van der Waals surface area contributed by atoms with Crippen LogP contribution in [0.4, 0.5) is 10.1 Å². The summed E-state index contributed by atoms with van der Waals surface area (Å²) in [5.74, 6) is -0.669. The number of carbonyl (C=O) groups excluding carboxylic acids is 1. The lowest BCUT2D eigenvalue weighted by atomic mass is 10.2. The van der Waals surface area contributed by atoms with Crippen molar-refractivity contribution in [2.45, 2.75) is 6.54 Å². The van der Waals surface area contributed by atoms with Crippen LogP contribution >= 0.6 is 0 Å². The molecule has 0 fully saturated rings. The van der Waals surface area contributed by atoms with Gasteiger partial charge in [0.2, 0.25) is 5.91 Å². The number of halogens is 1. The predicted molar refractivity (Wildman–Crippen MR) is 106 cm³/mol. The number of amides is 1. The molecule has 0 spiro atoms. The van der Waals surface area contributed by atoms with Crippen molar-refractivity contribution in [1.82, 2.24) is 9.55 Å². The fourth-order valence-corrected chi connectivity index (χ4v) is 3.02. The lowest BCUT2D eigenvalue weighted by molar-refractivity contribution is -0.116. The Kier molecular flexibility index (Phi) is 4.68. The number of anilines is 1. The van der Waals surface area contributed by atoms with E-state index < -0.39 is 11.7 Å². The first-order valence-corrected chi connectivity index (χ1v) is 8.73. The average Bonchev–Trinajstić information content (AvgIpc) is 2.72. The summed E-state index contributed by atoms with van der Waals surface area (Å²) in [5, 5.41) is 2.93. The maximum absolute atomic E-state index is 13.8. The molecule has 5 nitrogen and oxygen atoms in total. The Hall–Kier alpha value is -3.80. The van der Waals surface area contributed by atoms with Gasteiger partial charge in [0.25, 0.3) is 5.56 Å². The molecule has 0 saturated carbocycles. The molecule has 0 atom stereocenters. The molecule has 0 aliphatic heterocycles. The number of hydrogen-bond donors (Lipinski definition) is 1. The highest BCUT2D eigenvalue weighted by molar-refractivity contribution is 5.91. The third-order valence-electron chi connectivity index (χ3n) is 4.34. The Bertz CT molecular complexity index is 1220. The average molecular weight is 373 g/mol. The van der Waals surface area contributed by atoms with Crippen molar-refractivity contribution in [2.24, 2.45) is 0 Å². The van der Waals surface area contributed by atoms with Gasteiger partial charge in [0.1, 0.15) is 18.2 Å². The Morgan fingerprint density at radius 1 is 0.929 bits per heavy atom. The van der Waals surface area contributed by atoms with E-state index in [2.05, 4.69) is 10.3 Å². The molecule has 0 aliphatic carbocycles. The molecule has 0 aliphatic rings. The minimum absolute atomic E-state index is 0.0653. The molecule has 28 heavy (non-hydrogen) atoms. The van der Waals surface area contributed by atoms with Crippen LogP contribution in [0, 0.1) is 5.82 Å². The Morgan fingerprint density at radius 2 is 1.61 bits per heavy atom. The fraction of sp³-hybridized carbons (Fsp3) is 0.0455. The first-order chi connectivity index (χ1) is 13.6. The molecule has 0 unspecified atom stereocenters. The van der Waals surface area contributed by atoms with Crippen molar-refractivity contribution in [1.29, 1.82) is 0 Å². The standard InChI is InChI=1S/C22H16FN3O2/c23-17-11-5-7-13-19(17)24-20(27)14-26-21(15-8-2-1-3-9-15)25-18-12-6-4-10-16(18)22(26)28/h1-13H,14H2,(H,24,27). The molecule has 4 aromatic rings. The molecule has 4 rings (SSSR count). The van der Waals surface area contributed by atoms with Crippen molar-refractivity contribution >= 4 is 22.5 Å². The fourth-order valence-electron chi connectivity index (χ4n) is 3.02. The summed E-state index contributed by atoms with van der Waals surface area (Å²) in [5.41, 5.74) is 1.00. The van der Waals surface area contributed by atoms with Crippen molar-refractivity contribution in [2.75, 3.05) is 5.32 Å². The van der Waals surface area contributed by atoms with E-state index in [9.17, 15) is 14.0 Å². The molecule has 1 aromatic heterocycles. The molecule has 6 heteroatoms. The van der Waals surface area contributed by atoms with Gasteiger partial charge in [-0.05, 0) is 24.3 Å². The van der Waals surface area contributed by atoms with Gasteiger partial charge >= 0.3 is 0 Å². The van der Waals surface area contributed by atoms with Crippen molar-refractivity contribution in [3.05, 3.63) is 95.0 Å². The zero-order chi connectivity index (χ0) is 19.5. The van der Waals surface area contributed by atoms with Crippen LogP contribution in [-0.2, 0) is 11.3 Å². The number of carbonyl (C=O) groups is 1. The molecule has 0 radical (unpaired) electrons. The third kappa shape index (κ3) is 3.40. The van der Waals surface area contributed by atoms with Crippen LogP contribution in [0.1, 0.15) is 0 Å². The normalized spacial score (nSPS) is 10.8. The molecule has 1 amide bonds. The van der Waals surface area contributed by atoms with Crippen LogP contribution in [0.3, 0.4) is 0 Å². The molecule has 1 N–H and O–H groups in total. The number of rotatable bonds is 4. The second kappa shape index (κ2) is 7.44. The van der Waals surface area contributed by atoms with Gasteiger partial charge in [0.15, 0.2) is 0 Å². The highest BCUT2D eigenvalue weighted by Crippen LogP contribution is 2.19. The molecular formula is C22H16FN3O2. The van der Waals surface area contributed by atoms with Crippen molar-refractivity contribution in [3.63, 3.8) is 0 Å². The van der Waals surface area contributed by atoms with Crippen LogP contribution in [0.2, 0.25) is 0 Å². The van der Waals surface area contributed by atoms with Crippen LogP contribution in [0.15, 0.2) is 83.7 Å². The largest absolute Gasteiger partial charge is 0.322 e. The molecule has 0 bridgehead atoms. The number of nitrogens with zero attached hydrogens (tertiary/aromatic N) is 2. The van der Waals surface area contributed by atoms with Crippen LogP contribution < -0.4 is 10.9 Å². The first kappa shape index (κ1) is 17.6. The number of hydrogen-bond acceptors (Lipinski definition) is 3. The number of nitrogens with one attached hydrogen (secondary N) is 1. The minimum atomic E-state index is -0.539. The summed E-state index contributed by atoms with van der Waals surface area (Å²) in [6.07, 6.45) is 0. The van der Waals surface area contributed by atoms with Gasteiger partial charge in [-0.25, -0.2) is 9.37 Å². The SMILES string of the molecule is O=C(Cn1c(-c2ccccc2)nc2ccccc2c1=O)Nc1ccccc1F. The summed E-state index contributed by atoms with van der Waals surface area (Å²) in [6.45, 7) is -0.283. The van der Waals surface area contributed by atoms with E-state index >= 15 is 0 Å². The monoisotopic (exact) mass is 373 g/mol. The molecule has 138 valence electrons. The molecule has 0 saturated heterocycles. The van der Waals surface area contributed by atoms with Gasteiger partial charge in [-0.1, -0.05) is 54.6 Å². The van der Waals surface area contributed by atoms with Crippen molar-refractivity contribution in [3.8, 4) is 11.4 Å². The number of aromatic nitrogens is 2. The van der Waals surface area contributed by atoms with E-state index in [1.165, 1.54) is 22.8 Å². The van der Waals surface area contributed by atoms with Gasteiger partial charge in [-0.3, -0.25) is 14.2 Å². The summed E-state index contributed by atoms with van der Waals surface area (Å²) >= 11 is 0. The van der Waals surface area contributed by atoms with E-state index in [1.807, 2.05) is 30.3 Å². The lowest BCUT2D eigenvalue weighted by Crippen LogP contribution is -2.30. The second-order valence-electron chi connectivity index (χ2n) is 6.24.